The third kappa shape index (κ3) is 4.17. The fourth-order valence-electron chi connectivity index (χ4n) is 1.72. The molecule has 0 saturated heterocycles. The number of methoxy groups -OCH3 is 1. The Balaban J connectivity index is 2.04. The smallest absolute Gasteiger partial charge is 0.339 e. The van der Waals surface area contributed by atoms with Crippen LogP contribution in [0.1, 0.15) is 10.4 Å². The summed E-state index contributed by atoms with van der Waals surface area (Å²) in [5.41, 5.74) is 0.0987. The van der Waals surface area contributed by atoms with E-state index in [0.717, 1.165) is 6.07 Å². The Kier molecular flexibility index (Phi) is 5.27. The molecule has 2 N–H and O–H groups in total. The molecule has 0 bridgehead atoms. The number of benzene rings is 1. The normalized spacial score (nSPS) is 9.92. The average Bonchev–Trinajstić information content (AvgIpc) is 2.56. The first-order valence-corrected chi connectivity index (χ1v) is 6.85. The molecule has 0 atom stereocenters. The number of nitrogens with zero attached hydrogens (tertiary/aromatic N) is 2. The highest BCUT2D eigenvalue weighted by Crippen LogP contribution is 2.27. The van der Waals surface area contributed by atoms with Crippen molar-refractivity contribution in [3.05, 3.63) is 57.2 Å². The monoisotopic (exact) mass is 350 g/mol. The van der Waals surface area contributed by atoms with Crippen LogP contribution in [0.3, 0.4) is 0 Å². The third-order valence-corrected chi connectivity index (χ3v) is 3.15. The number of aromatic nitrogens is 1. The predicted molar refractivity (Wildman–Crippen MR) is 86.3 cm³/mol. The van der Waals surface area contributed by atoms with Gasteiger partial charge in [0, 0.05) is 18.0 Å². The van der Waals surface area contributed by atoms with Gasteiger partial charge in [0.25, 0.3) is 5.69 Å². The highest BCUT2D eigenvalue weighted by Gasteiger charge is 2.14. The van der Waals surface area contributed by atoms with Crippen molar-refractivity contribution in [2.75, 3.05) is 17.7 Å². The lowest BCUT2D eigenvalue weighted by Crippen LogP contribution is -2.20. The van der Waals surface area contributed by atoms with Crippen LogP contribution >= 0.6 is 11.6 Å². The summed E-state index contributed by atoms with van der Waals surface area (Å²) in [4.78, 5) is 37.2. The number of hydrogen-bond donors (Lipinski definition) is 2. The molecule has 2 aromatic rings. The van der Waals surface area contributed by atoms with Gasteiger partial charge in [-0.05, 0) is 24.3 Å². The van der Waals surface area contributed by atoms with Gasteiger partial charge < -0.3 is 10.1 Å². The van der Waals surface area contributed by atoms with Gasteiger partial charge in [0.05, 0.1) is 17.6 Å². The molecule has 0 spiro atoms. The standard InChI is InChI=1S/C14H11ClN4O5/c1-24-13(20)8-2-5-12(16-7-8)18-14(21)17-9-3-4-10(15)11(6-9)19(22)23/h2-7H,1H3,(H2,16,17,18,21). The van der Waals surface area contributed by atoms with Crippen molar-refractivity contribution in [2.45, 2.75) is 0 Å². The lowest BCUT2D eigenvalue weighted by Gasteiger charge is -2.07. The summed E-state index contributed by atoms with van der Waals surface area (Å²) in [5, 5.41) is 15.6. The molecule has 0 unspecified atom stereocenters. The highest BCUT2D eigenvalue weighted by molar-refractivity contribution is 6.32. The summed E-state index contributed by atoms with van der Waals surface area (Å²) in [6.45, 7) is 0. The molecule has 0 saturated carbocycles. The lowest BCUT2D eigenvalue weighted by molar-refractivity contribution is -0.384. The largest absolute Gasteiger partial charge is 0.465 e. The third-order valence-electron chi connectivity index (χ3n) is 2.83. The van der Waals surface area contributed by atoms with Gasteiger partial charge in [-0.1, -0.05) is 11.6 Å². The molecule has 10 heteroatoms. The fourth-order valence-corrected chi connectivity index (χ4v) is 1.90. The second-order valence-corrected chi connectivity index (χ2v) is 4.83. The number of urea groups is 1. The van der Waals surface area contributed by atoms with Crippen LogP contribution in [0, 0.1) is 10.1 Å². The van der Waals surface area contributed by atoms with Crippen molar-refractivity contribution >= 4 is 40.8 Å². The van der Waals surface area contributed by atoms with Crippen molar-refractivity contribution in [1.82, 2.24) is 4.98 Å². The number of amides is 2. The summed E-state index contributed by atoms with van der Waals surface area (Å²) < 4.78 is 4.53. The molecule has 24 heavy (non-hydrogen) atoms. The van der Waals surface area contributed by atoms with Crippen molar-refractivity contribution < 1.29 is 19.2 Å². The zero-order valence-corrected chi connectivity index (χ0v) is 13.0. The lowest BCUT2D eigenvalue weighted by atomic mass is 10.3. The summed E-state index contributed by atoms with van der Waals surface area (Å²) in [6.07, 6.45) is 1.24. The van der Waals surface area contributed by atoms with E-state index in [0.29, 0.717) is 0 Å². The van der Waals surface area contributed by atoms with E-state index in [1.165, 1.54) is 37.6 Å². The van der Waals surface area contributed by atoms with Crippen molar-refractivity contribution in [3.8, 4) is 0 Å². The van der Waals surface area contributed by atoms with Crippen LogP contribution in [0.2, 0.25) is 5.02 Å². The van der Waals surface area contributed by atoms with Crippen LogP contribution in [-0.4, -0.2) is 29.0 Å². The van der Waals surface area contributed by atoms with Gasteiger partial charge >= 0.3 is 12.0 Å². The van der Waals surface area contributed by atoms with Crippen molar-refractivity contribution in [3.63, 3.8) is 0 Å². The van der Waals surface area contributed by atoms with E-state index in [1.54, 1.807) is 0 Å². The van der Waals surface area contributed by atoms with Gasteiger partial charge in [-0.3, -0.25) is 15.4 Å². The minimum atomic E-state index is -0.662. The molecule has 9 nitrogen and oxygen atoms in total. The molecule has 1 aromatic heterocycles. The van der Waals surface area contributed by atoms with Crippen LogP contribution in [0.15, 0.2) is 36.5 Å². The van der Waals surface area contributed by atoms with E-state index >= 15 is 0 Å². The molecule has 0 aliphatic rings. The fraction of sp³-hybridized carbons (Fsp3) is 0.0714. The number of rotatable bonds is 4. The van der Waals surface area contributed by atoms with Crippen LogP contribution in [-0.2, 0) is 4.74 Å². The molecule has 1 aromatic carbocycles. The number of nitro benzene ring substituents is 1. The highest BCUT2D eigenvalue weighted by atomic mass is 35.5. The molecule has 0 radical (unpaired) electrons. The molecule has 0 fully saturated rings. The minimum absolute atomic E-state index is 0.0361. The second kappa shape index (κ2) is 7.38. The van der Waals surface area contributed by atoms with E-state index in [9.17, 15) is 19.7 Å². The Morgan fingerprint density at radius 1 is 1.25 bits per heavy atom. The molecular formula is C14H11ClN4O5. The number of halogens is 1. The number of nitrogens with one attached hydrogen (secondary N) is 2. The van der Waals surface area contributed by atoms with Gasteiger partial charge in [-0.2, -0.15) is 0 Å². The molecule has 0 aliphatic carbocycles. The minimum Gasteiger partial charge on any atom is -0.465 e. The number of anilines is 2. The van der Waals surface area contributed by atoms with E-state index < -0.39 is 16.9 Å². The Morgan fingerprint density at radius 2 is 2.00 bits per heavy atom. The Bertz CT molecular complexity index is 794. The van der Waals surface area contributed by atoms with Crippen molar-refractivity contribution in [2.24, 2.45) is 0 Å². The first kappa shape index (κ1) is 17.2. The van der Waals surface area contributed by atoms with Crippen LogP contribution < -0.4 is 10.6 Å². The number of hydrogen-bond acceptors (Lipinski definition) is 6. The maximum Gasteiger partial charge on any atom is 0.339 e. The van der Waals surface area contributed by atoms with Crippen LogP contribution in [0.4, 0.5) is 22.0 Å². The van der Waals surface area contributed by atoms with E-state index in [2.05, 4.69) is 20.4 Å². The SMILES string of the molecule is COC(=O)c1ccc(NC(=O)Nc2ccc(Cl)c([N+](=O)[O-])c2)nc1. The average molecular weight is 351 g/mol. The Morgan fingerprint density at radius 3 is 2.58 bits per heavy atom. The summed E-state index contributed by atoms with van der Waals surface area (Å²) >= 11 is 5.69. The maximum absolute atomic E-state index is 11.9. The first-order chi connectivity index (χ1) is 11.4. The van der Waals surface area contributed by atoms with Gasteiger partial charge in [-0.15, -0.1) is 0 Å². The van der Waals surface area contributed by atoms with E-state index in [4.69, 9.17) is 11.6 Å². The quantitative estimate of drug-likeness (QED) is 0.496. The summed E-state index contributed by atoms with van der Waals surface area (Å²) in [6, 6.07) is 6.04. The first-order valence-electron chi connectivity index (χ1n) is 6.47. The number of pyridine rings is 1. The second-order valence-electron chi connectivity index (χ2n) is 4.43. The van der Waals surface area contributed by atoms with Crippen LogP contribution in [0.25, 0.3) is 0 Å². The Labute approximate surface area is 140 Å². The molecular weight excluding hydrogens is 340 g/mol. The number of nitro groups is 1. The Hall–Kier alpha value is -3.20. The van der Waals surface area contributed by atoms with E-state index in [1.807, 2.05) is 0 Å². The van der Waals surface area contributed by atoms with Gasteiger partial charge in [0.2, 0.25) is 0 Å². The van der Waals surface area contributed by atoms with Gasteiger partial charge in [0.1, 0.15) is 10.8 Å². The number of carbonyl (C=O) groups is 2. The molecule has 2 rings (SSSR count). The summed E-state index contributed by atoms with van der Waals surface area (Å²) in [5.74, 6) is -0.365. The predicted octanol–water partition coefficient (Wildman–Crippen LogP) is 3.07. The molecule has 2 amide bonds. The van der Waals surface area contributed by atoms with Gasteiger partial charge in [-0.25, -0.2) is 14.6 Å². The van der Waals surface area contributed by atoms with Crippen LogP contribution in [0.5, 0.6) is 0 Å². The zero-order chi connectivity index (χ0) is 17.7. The number of esters is 1. The number of carbonyl (C=O) groups excluding carboxylic acids is 2. The molecule has 124 valence electrons. The molecule has 0 aliphatic heterocycles. The number of ether oxygens (including phenoxy) is 1. The summed E-state index contributed by atoms with van der Waals surface area (Å²) in [7, 11) is 1.24. The van der Waals surface area contributed by atoms with E-state index in [-0.39, 0.29) is 27.8 Å². The zero-order valence-electron chi connectivity index (χ0n) is 12.3. The topological polar surface area (TPSA) is 123 Å². The van der Waals surface area contributed by atoms with Crippen molar-refractivity contribution in [1.29, 1.82) is 0 Å². The maximum atomic E-state index is 11.9. The molecule has 1 heterocycles. The van der Waals surface area contributed by atoms with Gasteiger partial charge in [0.15, 0.2) is 0 Å².